The van der Waals surface area contributed by atoms with Crippen LogP contribution in [0.25, 0.3) is 10.9 Å². The van der Waals surface area contributed by atoms with Crippen molar-refractivity contribution in [2.75, 3.05) is 13.2 Å². The van der Waals surface area contributed by atoms with Gasteiger partial charge in [-0.2, -0.15) is 5.10 Å². The van der Waals surface area contributed by atoms with E-state index in [9.17, 15) is 0 Å². The third-order valence-electron chi connectivity index (χ3n) is 5.07. The largest absolute Gasteiger partial charge is 0.379 e. The zero-order valence-electron chi connectivity index (χ0n) is 14.3. The number of nitrogens with zero attached hydrogens (tertiary/aromatic N) is 3. The molecule has 0 saturated carbocycles. The molecular weight excluding hydrogens is 302 g/mol. The highest BCUT2D eigenvalue weighted by Crippen LogP contribution is 2.26. The van der Waals surface area contributed by atoms with E-state index in [0.29, 0.717) is 13.2 Å². The summed E-state index contributed by atoms with van der Waals surface area (Å²) in [5, 5.41) is 12.2. The summed E-state index contributed by atoms with van der Waals surface area (Å²) >= 11 is 0. The number of benzene rings is 1. The second-order valence-corrected chi connectivity index (χ2v) is 6.56. The third-order valence-corrected chi connectivity index (χ3v) is 5.07. The topological polar surface area (TPSA) is 67.8 Å². The van der Waals surface area contributed by atoms with Crippen LogP contribution < -0.4 is 5.32 Å². The molecule has 1 aliphatic rings. The number of aromatic nitrogens is 4. The van der Waals surface area contributed by atoms with E-state index < -0.39 is 0 Å². The van der Waals surface area contributed by atoms with Crippen molar-refractivity contribution in [3.05, 3.63) is 47.2 Å². The van der Waals surface area contributed by atoms with Gasteiger partial charge in [0, 0.05) is 36.2 Å². The van der Waals surface area contributed by atoms with Crippen molar-refractivity contribution < 1.29 is 4.74 Å². The Bertz CT molecular complexity index is 827. The molecule has 2 atom stereocenters. The molecule has 2 aromatic heterocycles. The SMILES string of the molecule is Cc1nc([C@@H]2COC[C@@H]2NCc2c(C)c3ccccc3n2C)n[nH]1. The summed E-state index contributed by atoms with van der Waals surface area (Å²) in [7, 11) is 2.13. The number of H-pyrrole nitrogens is 1. The van der Waals surface area contributed by atoms with Gasteiger partial charge < -0.3 is 14.6 Å². The van der Waals surface area contributed by atoms with Crippen LogP contribution in [0.15, 0.2) is 24.3 Å². The molecule has 4 rings (SSSR count). The minimum Gasteiger partial charge on any atom is -0.379 e. The van der Waals surface area contributed by atoms with E-state index in [1.165, 1.54) is 22.2 Å². The first kappa shape index (κ1) is 15.4. The number of hydrogen-bond acceptors (Lipinski definition) is 4. The molecule has 0 aliphatic carbocycles. The molecule has 1 aliphatic heterocycles. The van der Waals surface area contributed by atoms with E-state index in [2.05, 4.69) is 63.3 Å². The number of hydrogen-bond donors (Lipinski definition) is 2. The highest BCUT2D eigenvalue weighted by molar-refractivity contribution is 5.85. The van der Waals surface area contributed by atoms with Crippen molar-refractivity contribution >= 4 is 10.9 Å². The molecule has 0 amide bonds. The molecule has 6 nitrogen and oxygen atoms in total. The van der Waals surface area contributed by atoms with Crippen molar-refractivity contribution in [1.29, 1.82) is 0 Å². The maximum atomic E-state index is 5.68. The molecule has 0 unspecified atom stereocenters. The number of aromatic amines is 1. The lowest BCUT2D eigenvalue weighted by molar-refractivity contribution is 0.187. The van der Waals surface area contributed by atoms with Gasteiger partial charge >= 0.3 is 0 Å². The van der Waals surface area contributed by atoms with Crippen molar-refractivity contribution in [1.82, 2.24) is 25.1 Å². The van der Waals surface area contributed by atoms with Crippen molar-refractivity contribution in [3.63, 3.8) is 0 Å². The monoisotopic (exact) mass is 325 g/mol. The lowest BCUT2D eigenvalue weighted by Gasteiger charge is -2.17. The second kappa shape index (κ2) is 6.03. The first-order valence-electron chi connectivity index (χ1n) is 8.38. The summed E-state index contributed by atoms with van der Waals surface area (Å²) in [6, 6.07) is 8.78. The fraction of sp³-hybridized carbons (Fsp3) is 0.444. The Hall–Kier alpha value is -2.18. The predicted octanol–water partition coefficient (Wildman–Crippen LogP) is 2.19. The second-order valence-electron chi connectivity index (χ2n) is 6.56. The number of rotatable bonds is 4. The fourth-order valence-electron chi connectivity index (χ4n) is 3.65. The summed E-state index contributed by atoms with van der Waals surface area (Å²) in [4.78, 5) is 4.48. The van der Waals surface area contributed by atoms with Gasteiger partial charge in [0.2, 0.25) is 0 Å². The van der Waals surface area contributed by atoms with Gasteiger partial charge in [0.25, 0.3) is 0 Å². The van der Waals surface area contributed by atoms with E-state index in [1.54, 1.807) is 0 Å². The van der Waals surface area contributed by atoms with Crippen molar-refractivity contribution in [2.45, 2.75) is 32.4 Å². The Morgan fingerprint density at radius 1 is 1.29 bits per heavy atom. The Balaban J connectivity index is 1.54. The molecular formula is C18H23N5O. The molecule has 1 saturated heterocycles. The van der Waals surface area contributed by atoms with Gasteiger partial charge in [-0.05, 0) is 25.5 Å². The summed E-state index contributed by atoms with van der Waals surface area (Å²) < 4.78 is 7.96. The van der Waals surface area contributed by atoms with Crippen molar-refractivity contribution in [3.8, 4) is 0 Å². The number of fused-ring (bicyclic) bond motifs is 1. The molecule has 1 aromatic carbocycles. The lowest BCUT2D eigenvalue weighted by atomic mass is 10.0. The van der Waals surface area contributed by atoms with Crippen LogP contribution in [0.1, 0.15) is 28.8 Å². The maximum absolute atomic E-state index is 5.68. The molecule has 2 N–H and O–H groups in total. The smallest absolute Gasteiger partial charge is 0.157 e. The Labute approximate surface area is 141 Å². The minimum absolute atomic E-state index is 0.199. The Morgan fingerprint density at radius 3 is 2.88 bits per heavy atom. The van der Waals surface area contributed by atoms with Gasteiger partial charge in [0.1, 0.15) is 5.82 Å². The predicted molar refractivity (Wildman–Crippen MR) is 93.0 cm³/mol. The quantitative estimate of drug-likeness (QED) is 0.771. The molecule has 1 fully saturated rings. The third kappa shape index (κ3) is 2.52. The summed E-state index contributed by atoms with van der Waals surface area (Å²) in [6.07, 6.45) is 0. The van der Waals surface area contributed by atoms with Crippen LogP contribution in [-0.2, 0) is 18.3 Å². The lowest BCUT2D eigenvalue weighted by Crippen LogP contribution is -2.35. The van der Waals surface area contributed by atoms with E-state index in [1.807, 2.05) is 6.92 Å². The molecule has 6 heteroatoms. The van der Waals surface area contributed by atoms with E-state index in [-0.39, 0.29) is 12.0 Å². The van der Waals surface area contributed by atoms with Gasteiger partial charge in [-0.1, -0.05) is 18.2 Å². The minimum atomic E-state index is 0.199. The average molecular weight is 325 g/mol. The van der Waals surface area contributed by atoms with E-state index in [4.69, 9.17) is 4.74 Å². The summed E-state index contributed by atoms with van der Waals surface area (Å²) in [5.41, 5.74) is 3.92. The van der Waals surface area contributed by atoms with Gasteiger partial charge in [0.05, 0.1) is 19.1 Å². The van der Waals surface area contributed by atoms with E-state index in [0.717, 1.165) is 18.2 Å². The van der Waals surface area contributed by atoms with Crippen LogP contribution in [0, 0.1) is 13.8 Å². The van der Waals surface area contributed by atoms with Gasteiger partial charge in [-0.3, -0.25) is 5.10 Å². The highest BCUT2D eigenvalue weighted by atomic mass is 16.5. The molecule has 24 heavy (non-hydrogen) atoms. The summed E-state index contributed by atoms with van der Waals surface area (Å²) in [6.45, 7) is 6.30. The molecule has 0 spiro atoms. The first-order chi connectivity index (χ1) is 11.6. The van der Waals surface area contributed by atoms with Crippen LogP contribution >= 0.6 is 0 Å². The summed E-state index contributed by atoms with van der Waals surface area (Å²) in [5.74, 6) is 1.89. The fourth-order valence-corrected chi connectivity index (χ4v) is 3.65. The molecule has 0 bridgehead atoms. The normalized spacial score (nSPS) is 21.0. The zero-order chi connectivity index (χ0) is 16.7. The maximum Gasteiger partial charge on any atom is 0.157 e. The number of aryl methyl sites for hydroxylation is 3. The van der Waals surface area contributed by atoms with Gasteiger partial charge in [-0.15, -0.1) is 0 Å². The van der Waals surface area contributed by atoms with Crippen LogP contribution in [0.3, 0.4) is 0 Å². The first-order valence-corrected chi connectivity index (χ1v) is 8.38. The Morgan fingerprint density at radius 2 is 2.12 bits per heavy atom. The molecule has 3 heterocycles. The molecule has 126 valence electrons. The Kier molecular flexibility index (Phi) is 3.86. The van der Waals surface area contributed by atoms with Gasteiger partial charge in [-0.25, -0.2) is 4.98 Å². The number of nitrogens with one attached hydrogen (secondary N) is 2. The number of para-hydroxylation sites is 1. The average Bonchev–Trinajstić information content (AvgIpc) is 3.27. The number of ether oxygens (including phenoxy) is 1. The standard InChI is InChI=1S/C18H23N5O/c1-11-13-6-4-5-7-16(13)23(3)17(11)8-19-15-10-24-9-14(15)18-20-12(2)21-22-18/h4-7,14-15,19H,8-10H2,1-3H3,(H,20,21,22)/t14-,15+/m1/s1. The van der Waals surface area contributed by atoms with Crippen LogP contribution in [0.5, 0.6) is 0 Å². The molecule has 3 aromatic rings. The highest BCUT2D eigenvalue weighted by Gasteiger charge is 2.32. The van der Waals surface area contributed by atoms with Crippen LogP contribution in [0.4, 0.5) is 0 Å². The van der Waals surface area contributed by atoms with Crippen LogP contribution in [0.2, 0.25) is 0 Å². The van der Waals surface area contributed by atoms with Crippen molar-refractivity contribution in [2.24, 2.45) is 7.05 Å². The van der Waals surface area contributed by atoms with Crippen LogP contribution in [-0.4, -0.2) is 39.0 Å². The van der Waals surface area contributed by atoms with Gasteiger partial charge in [0.15, 0.2) is 5.82 Å². The van der Waals surface area contributed by atoms with E-state index >= 15 is 0 Å². The molecule has 0 radical (unpaired) electrons. The zero-order valence-corrected chi connectivity index (χ0v) is 14.3.